The second kappa shape index (κ2) is 7.45. The predicted octanol–water partition coefficient (Wildman–Crippen LogP) is 0.699. The van der Waals surface area contributed by atoms with E-state index in [1.54, 1.807) is 19.2 Å². The van der Waals surface area contributed by atoms with Gasteiger partial charge in [0.2, 0.25) is 5.91 Å². The Bertz CT molecular complexity index is 401. The van der Waals surface area contributed by atoms with Gasteiger partial charge in [0.25, 0.3) is 5.91 Å². The van der Waals surface area contributed by atoms with E-state index in [-0.39, 0.29) is 18.4 Å². The summed E-state index contributed by atoms with van der Waals surface area (Å²) < 4.78 is 4.98. The summed E-state index contributed by atoms with van der Waals surface area (Å²) in [4.78, 5) is 22.9. The first-order valence-corrected chi connectivity index (χ1v) is 5.80. The van der Waals surface area contributed by atoms with E-state index in [0.29, 0.717) is 18.7 Å². The number of benzene rings is 1. The van der Waals surface area contributed by atoms with E-state index in [2.05, 4.69) is 10.6 Å². The van der Waals surface area contributed by atoms with Crippen LogP contribution < -0.4 is 10.6 Å². The number of rotatable bonds is 6. The van der Waals surface area contributed by atoms with E-state index in [1.807, 2.05) is 19.1 Å². The number of hydrogen-bond acceptors (Lipinski definition) is 3. The van der Waals surface area contributed by atoms with Crippen LogP contribution in [0.2, 0.25) is 0 Å². The van der Waals surface area contributed by atoms with Crippen molar-refractivity contribution in [3.8, 4) is 0 Å². The quantitative estimate of drug-likeness (QED) is 0.781. The van der Waals surface area contributed by atoms with Gasteiger partial charge < -0.3 is 15.4 Å². The van der Waals surface area contributed by atoms with Crippen molar-refractivity contribution in [3.63, 3.8) is 0 Å². The third-order valence-corrected chi connectivity index (χ3v) is 2.31. The Labute approximate surface area is 107 Å². The number of nitrogens with one attached hydrogen (secondary N) is 2. The molecule has 0 saturated carbocycles. The Hall–Kier alpha value is -1.88. The minimum absolute atomic E-state index is 0.00744. The first-order valence-electron chi connectivity index (χ1n) is 5.80. The molecule has 0 spiro atoms. The second-order valence-electron chi connectivity index (χ2n) is 3.77. The van der Waals surface area contributed by atoms with Crippen LogP contribution in [-0.2, 0) is 16.1 Å². The zero-order valence-electron chi connectivity index (χ0n) is 10.7. The molecule has 0 aromatic heterocycles. The molecule has 0 aliphatic heterocycles. The Morgan fingerprint density at radius 2 is 1.83 bits per heavy atom. The molecule has 0 fully saturated rings. The van der Waals surface area contributed by atoms with Crippen LogP contribution in [-0.4, -0.2) is 32.0 Å². The molecule has 0 bridgehead atoms. The van der Waals surface area contributed by atoms with Crippen molar-refractivity contribution in [3.05, 3.63) is 35.4 Å². The highest BCUT2D eigenvalue weighted by atomic mass is 16.5. The van der Waals surface area contributed by atoms with Gasteiger partial charge in [-0.1, -0.05) is 12.1 Å². The first-order chi connectivity index (χ1) is 8.67. The fourth-order valence-electron chi connectivity index (χ4n) is 1.44. The molecule has 0 aliphatic carbocycles. The molecule has 0 heterocycles. The second-order valence-corrected chi connectivity index (χ2v) is 3.77. The van der Waals surface area contributed by atoms with Gasteiger partial charge in [-0.15, -0.1) is 0 Å². The van der Waals surface area contributed by atoms with E-state index >= 15 is 0 Å². The standard InChI is InChI=1S/C13H18N2O3/c1-3-14-12(16)8-15-13(17)11-6-4-10(5-7-11)9-18-2/h4-7H,3,8-9H2,1-2H3,(H,14,16)(H,15,17). The van der Waals surface area contributed by atoms with E-state index in [4.69, 9.17) is 4.74 Å². The van der Waals surface area contributed by atoms with Crippen LogP contribution in [0.25, 0.3) is 0 Å². The number of carbonyl (C=O) groups excluding carboxylic acids is 2. The molecule has 0 saturated heterocycles. The maximum atomic E-state index is 11.7. The van der Waals surface area contributed by atoms with Gasteiger partial charge in [0, 0.05) is 19.2 Å². The average molecular weight is 250 g/mol. The molecule has 1 rings (SSSR count). The lowest BCUT2D eigenvalue weighted by atomic mass is 10.1. The van der Waals surface area contributed by atoms with Gasteiger partial charge >= 0.3 is 0 Å². The summed E-state index contributed by atoms with van der Waals surface area (Å²) >= 11 is 0. The topological polar surface area (TPSA) is 67.4 Å². The van der Waals surface area contributed by atoms with E-state index in [1.165, 1.54) is 0 Å². The molecule has 0 unspecified atom stereocenters. The largest absolute Gasteiger partial charge is 0.380 e. The van der Waals surface area contributed by atoms with Gasteiger partial charge in [0.1, 0.15) is 0 Å². The molecule has 0 atom stereocenters. The van der Waals surface area contributed by atoms with Gasteiger partial charge in [-0.05, 0) is 24.6 Å². The normalized spacial score (nSPS) is 9.89. The van der Waals surface area contributed by atoms with Crippen molar-refractivity contribution in [2.75, 3.05) is 20.2 Å². The van der Waals surface area contributed by atoms with Gasteiger partial charge in [0.15, 0.2) is 0 Å². The molecule has 0 radical (unpaired) electrons. The van der Waals surface area contributed by atoms with Crippen molar-refractivity contribution in [2.45, 2.75) is 13.5 Å². The monoisotopic (exact) mass is 250 g/mol. The fourth-order valence-corrected chi connectivity index (χ4v) is 1.44. The van der Waals surface area contributed by atoms with Crippen molar-refractivity contribution in [2.24, 2.45) is 0 Å². The van der Waals surface area contributed by atoms with Crippen LogP contribution in [0.1, 0.15) is 22.8 Å². The fraction of sp³-hybridized carbons (Fsp3) is 0.385. The highest BCUT2D eigenvalue weighted by molar-refractivity contribution is 5.96. The minimum Gasteiger partial charge on any atom is -0.380 e. The smallest absolute Gasteiger partial charge is 0.251 e. The lowest BCUT2D eigenvalue weighted by molar-refractivity contribution is -0.120. The summed E-state index contributed by atoms with van der Waals surface area (Å²) in [6, 6.07) is 7.07. The Morgan fingerprint density at radius 1 is 1.17 bits per heavy atom. The summed E-state index contributed by atoms with van der Waals surface area (Å²) in [5.41, 5.74) is 1.52. The Balaban J connectivity index is 2.48. The van der Waals surface area contributed by atoms with Crippen molar-refractivity contribution >= 4 is 11.8 Å². The highest BCUT2D eigenvalue weighted by Crippen LogP contribution is 2.05. The van der Waals surface area contributed by atoms with Crippen LogP contribution in [0.3, 0.4) is 0 Å². The van der Waals surface area contributed by atoms with E-state index < -0.39 is 0 Å². The van der Waals surface area contributed by atoms with E-state index in [0.717, 1.165) is 5.56 Å². The Kier molecular flexibility index (Phi) is 5.87. The number of amides is 2. The summed E-state index contributed by atoms with van der Waals surface area (Å²) in [5, 5.41) is 5.16. The van der Waals surface area contributed by atoms with Crippen molar-refractivity contribution < 1.29 is 14.3 Å². The third-order valence-electron chi connectivity index (χ3n) is 2.31. The van der Waals surface area contributed by atoms with Gasteiger partial charge in [0.05, 0.1) is 13.2 Å². The number of hydrogen-bond donors (Lipinski definition) is 2. The molecule has 2 N–H and O–H groups in total. The van der Waals surface area contributed by atoms with Crippen LogP contribution in [0.5, 0.6) is 0 Å². The maximum Gasteiger partial charge on any atom is 0.251 e. The van der Waals surface area contributed by atoms with Crippen LogP contribution >= 0.6 is 0 Å². The summed E-state index contributed by atoms with van der Waals surface area (Å²) in [5.74, 6) is -0.452. The van der Waals surface area contributed by atoms with Crippen molar-refractivity contribution in [1.82, 2.24) is 10.6 Å². The maximum absolute atomic E-state index is 11.7. The third kappa shape index (κ3) is 4.55. The molecular weight excluding hydrogens is 232 g/mol. The Morgan fingerprint density at radius 3 is 2.39 bits per heavy atom. The molecule has 5 nitrogen and oxygen atoms in total. The van der Waals surface area contributed by atoms with Gasteiger partial charge in [-0.3, -0.25) is 9.59 Å². The number of likely N-dealkylation sites (N-methyl/N-ethyl adjacent to an activating group) is 1. The molecule has 2 amide bonds. The zero-order chi connectivity index (χ0) is 13.4. The van der Waals surface area contributed by atoms with Crippen molar-refractivity contribution in [1.29, 1.82) is 0 Å². The highest BCUT2D eigenvalue weighted by Gasteiger charge is 2.07. The zero-order valence-corrected chi connectivity index (χ0v) is 10.7. The molecule has 5 heteroatoms. The van der Waals surface area contributed by atoms with Crippen LogP contribution in [0.4, 0.5) is 0 Å². The molecule has 1 aromatic carbocycles. The van der Waals surface area contributed by atoms with Crippen LogP contribution in [0.15, 0.2) is 24.3 Å². The number of methoxy groups -OCH3 is 1. The first kappa shape index (κ1) is 14.2. The van der Waals surface area contributed by atoms with Crippen LogP contribution in [0, 0.1) is 0 Å². The van der Waals surface area contributed by atoms with Gasteiger partial charge in [-0.25, -0.2) is 0 Å². The number of ether oxygens (including phenoxy) is 1. The lowest BCUT2D eigenvalue weighted by Gasteiger charge is -2.06. The summed E-state index contributed by atoms with van der Waals surface area (Å²) in [6.07, 6.45) is 0. The summed E-state index contributed by atoms with van der Waals surface area (Å²) in [7, 11) is 1.62. The molecular formula is C13H18N2O3. The minimum atomic E-state index is -0.259. The molecule has 1 aromatic rings. The van der Waals surface area contributed by atoms with E-state index in [9.17, 15) is 9.59 Å². The predicted molar refractivity (Wildman–Crippen MR) is 68.2 cm³/mol. The molecule has 18 heavy (non-hydrogen) atoms. The average Bonchev–Trinajstić information content (AvgIpc) is 2.37. The molecule has 98 valence electrons. The summed E-state index contributed by atoms with van der Waals surface area (Å²) in [6.45, 7) is 2.89. The SMILES string of the molecule is CCNC(=O)CNC(=O)c1ccc(COC)cc1. The van der Waals surface area contributed by atoms with Gasteiger partial charge in [-0.2, -0.15) is 0 Å². The molecule has 0 aliphatic rings. The lowest BCUT2D eigenvalue weighted by Crippen LogP contribution is -2.36. The number of carbonyl (C=O) groups is 2.